The van der Waals surface area contributed by atoms with E-state index >= 15 is 0 Å². The number of carboxylic acids is 1. The van der Waals surface area contributed by atoms with Gasteiger partial charge in [-0.2, -0.15) is 0 Å². The van der Waals surface area contributed by atoms with Crippen molar-refractivity contribution < 1.29 is 19.5 Å². The molecule has 5 nitrogen and oxygen atoms in total. The third-order valence-corrected chi connectivity index (χ3v) is 1.82. The van der Waals surface area contributed by atoms with Crippen LogP contribution in [0, 0.1) is 0 Å². The molecule has 0 aromatic carbocycles. The van der Waals surface area contributed by atoms with E-state index in [1.165, 1.54) is 12.2 Å². The predicted octanol–water partition coefficient (Wildman–Crippen LogP) is -0.577. The van der Waals surface area contributed by atoms with Crippen molar-refractivity contribution in [2.45, 2.75) is 12.5 Å². The third-order valence-electron chi connectivity index (χ3n) is 1.82. The van der Waals surface area contributed by atoms with E-state index in [1.807, 2.05) is 0 Å². The summed E-state index contributed by atoms with van der Waals surface area (Å²) >= 11 is 0. The predicted molar refractivity (Wildman–Crippen MR) is 47.5 cm³/mol. The number of nitrogens with two attached hydrogens (primary N) is 1. The van der Waals surface area contributed by atoms with Crippen LogP contribution in [0.4, 0.5) is 0 Å². The van der Waals surface area contributed by atoms with Gasteiger partial charge in [-0.3, -0.25) is 14.4 Å². The molecule has 0 radical (unpaired) electrons. The summed E-state index contributed by atoms with van der Waals surface area (Å²) in [7, 11) is 0. The number of carboxylic acid groups (broad SMARTS) is 1. The van der Waals surface area contributed by atoms with Crippen LogP contribution in [0.5, 0.6) is 0 Å². The van der Waals surface area contributed by atoms with Gasteiger partial charge in [0, 0.05) is 12.0 Å². The molecule has 1 unspecified atom stereocenters. The Morgan fingerprint density at radius 2 is 2.14 bits per heavy atom. The van der Waals surface area contributed by atoms with Crippen LogP contribution in [0.1, 0.15) is 6.42 Å². The van der Waals surface area contributed by atoms with Crippen LogP contribution in [0.15, 0.2) is 23.8 Å². The molecule has 0 bridgehead atoms. The molecule has 0 aromatic rings. The van der Waals surface area contributed by atoms with Crippen molar-refractivity contribution in [1.82, 2.24) is 0 Å². The molecule has 0 heterocycles. The second-order valence-electron chi connectivity index (χ2n) is 2.89. The molecule has 74 valence electrons. The van der Waals surface area contributed by atoms with E-state index in [4.69, 9.17) is 10.8 Å². The maximum atomic E-state index is 11.2. The van der Waals surface area contributed by atoms with Crippen LogP contribution < -0.4 is 5.73 Å². The highest BCUT2D eigenvalue weighted by Crippen LogP contribution is 2.11. The second kappa shape index (κ2) is 3.97. The number of carbonyl (C=O) groups excluding carboxylic acids is 2. The molecule has 3 N–H and O–H groups in total. The van der Waals surface area contributed by atoms with Crippen molar-refractivity contribution >= 4 is 17.5 Å². The monoisotopic (exact) mass is 195 g/mol. The number of carbonyl (C=O) groups is 3. The Morgan fingerprint density at radius 3 is 2.71 bits per heavy atom. The van der Waals surface area contributed by atoms with Gasteiger partial charge in [-0.15, -0.1) is 0 Å². The van der Waals surface area contributed by atoms with Gasteiger partial charge in [-0.05, 0) is 6.08 Å². The molecule has 0 spiro atoms. The summed E-state index contributed by atoms with van der Waals surface area (Å²) in [5, 5.41) is 8.50. The lowest BCUT2D eigenvalue weighted by atomic mass is 9.96. The van der Waals surface area contributed by atoms with Crippen LogP contribution in [-0.2, 0) is 14.4 Å². The van der Waals surface area contributed by atoms with Crippen LogP contribution in [0.3, 0.4) is 0 Å². The normalized spacial score (nSPS) is 17.9. The van der Waals surface area contributed by atoms with Crippen LogP contribution in [0.25, 0.3) is 0 Å². The lowest BCUT2D eigenvalue weighted by Crippen LogP contribution is -2.32. The molecule has 1 atom stereocenters. The average molecular weight is 195 g/mol. The van der Waals surface area contributed by atoms with Gasteiger partial charge in [0.15, 0.2) is 0 Å². The number of ketones is 2. The SMILES string of the molecule is NC(CC1=CC=CC(=O)C1=O)C(=O)O. The van der Waals surface area contributed by atoms with Crippen LogP contribution >= 0.6 is 0 Å². The van der Waals surface area contributed by atoms with Crippen molar-refractivity contribution in [3.8, 4) is 0 Å². The van der Waals surface area contributed by atoms with Gasteiger partial charge in [0.1, 0.15) is 6.04 Å². The number of aliphatic carboxylic acids is 1. The Kier molecular flexibility index (Phi) is 2.93. The maximum Gasteiger partial charge on any atom is 0.320 e. The Balaban J connectivity index is 2.74. The Hall–Kier alpha value is -1.75. The smallest absolute Gasteiger partial charge is 0.320 e. The van der Waals surface area contributed by atoms with E-state index in [2.05, 4.69) is 0 Å². The standard InChI is InChI=1S/C9H9NO4/c10-6(9(13)14)4-5-2-1-3-7(11)8(5)12/h1-3,6H,4,10H2,(H,13,14). The van der Waals surface area contributed by atoms with E-state index in [1.54, 1.807) is 0 Å². The summed E-state index contributed by atoms with van der Waals surface area (Å²) in [6.45, 7) is 0. The number of Topliss-reactive ketones (excluding diaryl/α,β-unsaturated/α-hetero) is 1. The molecular weight excluding hydrogens is 186 g/mol. The average Bonchev–Trinajstić information content (AvgIpc) is 2.12. The first-order valence-electron chi connectivity index (χ1n) is 3.96. The topological polar surface area (TPSA) is 97.5 Å². The number of allylic oxidation sites excluding steroid dienone is 3. The zero-order valence-corrected chi connectivity index (χ0v) is 7.27. The van der Waals surface area contributed by atoms with Crippen molar-refractivity contribution in [2.75, 3.05) is 0 Å². The zero-order valence-electron chi connectivity index (χ0n) is 7.27. The van der Waals surface area contributed by atoms with Crippen molar-refractivity contribution in [1.29, 1.82) is 0 Å². The van der Waals surface area contributed by atoms with Gasteiger partial charge in [0.2, 0.25) is 11.6 Å². The van der Waals surface area contributed by atoms with Gasteiger partial charge in [0.05, 0.1) is 0 Å². The number of hydrogen-bond acceptors (Lipinski definition) is 4. The summed E-state index contributed by atoms with van der Waals surface area (Å²) in [5.41, 5.74) is 5.37. The van der Waals surface area contributed by atoms with Crippen molar-refractivity contribution in [3.05, 3.63) is 23.8 Å². The molecule has 1 aliphatic rings. The number of rotatable bonds is 3. The molecular formula is C9H9NO4. The largest absolute Gasteiger partial charge is 0.480 e. The molecule has 0 fully saturated rings. The highest BCUT2D eigenvalue weighted by Gasteiger charge is 2.23. The Morgan fingerprint density at radius 1 is 1.50 bits per heavy atom. The summed E-state index contributed by atoms with van der Waals surface area (Å²) in [4.78, 5) is 32.5. The van der Waals surface area contributed by atoms with Crippen molar-refractivity contribution in [3.63, 3.8) is 0 Å². The lowest BCUT2D eigenvalue weighted by Gasteiger charge is -2.09. The highest BCUT2D eigenvalue weighted by atomic mass is 16.4. The molecule has 0 aromatic heterocycles. The Labute approximate surface area is 79.9 Å². The molecule has 1 aliphatic carbocycles. The van der Waals surface area contributed by atoms with Gasteiger partial charge in [0.25, 0.3) is 0 Å². The van der Waals surface area contributed by atoms with E-state index in [0.717, 1.165) is 6.08 Å². The second-order valence-corrected chi connectivity index (χ2v) is 2.89. The van der Waals surface area contributed by atoms with Gasteiger partial charge >= 0.3 is 5.97 Å². The van der Waals surface area contributed by atoms with Gasteiger partial charge in [-0.25, -0.2) is 0 Å². The minimum atomic E-state index is -1.19. The fraction of sp³-hybridized carbons (Fsp3) is 0.222. The van der Waals surface area contributed by atoms with Crippen LogP contribution in [-0.4, -0.2) is 28.7 Å². The van der Waals surface area contributed by atoms with E-state index in [0.29, 0.717) is 0 Å². The molecule has 0 amide bonds. The molecule has 0 aliphatic heterocycles. The summed E-state index contributed by atoms with van der Waals surface area (Å²) < 4.78 is 0. The third kappa shape index (κ3) is 2.14. The number of hydrogen-bond donors (Lipinski definition) is 2. The molecule has 0 saturated heterocycles. The first-order valence-corrected chi connectivity index (χ1v) is 3.96. The molecule has 0 saturated carbocycles. The maximum absolute atomic E-state index is 11.2. The fourth-order valence-corrected chi connectivity index (χ4v) is 1.05. The zero-order chi connectivity index (χ0) is 10.7. The minimum absolute atomic E-state index is 0.121. The van der Waals surface area contributed by atoms with E-state index in [9.17, 15) is 14.4 Å². The van der Waals surface area contributed by atoms with Crippen molar-refractivity contribution in [2.24, 2.45) is 5.73 Å². The molecule has 5 heteroatoms. The van der Waals surface area contributed by atoms with Gasteiger partial charge < -0.3 is 10.8 Å². The lowest BCUT2D eigenvalue weighted by molar-refractivity contribution is -0.138. The van der Waals surface area contributed by atoms with E-state index < -0.39 is 23.6 Å². The first-order chi connectivity index (χ1) is 6.52. The summed E-state index contributed by atoms with van der Waals surface area (Å²) in [5.74, 6) is -2.51. The molecule has 1 rings (SSSR count). The first kappa shape index (κ1) is 10.3. The Bertz CT molecular complexity index is 354. The summed E-state index contributed by atoms with van der Waals surface area (Å²) in [6.07, 6.45) is 3.84. The molecule has 14 heavy (non-hydrogen) atoms. The van der Waals surface area contributed by atoms with Gasteiger partial charge in [-0.1, -0.05) is 12.2 Å². The van der Waals surface area contributed by atoms with Crippen LogP contribution in [0.2, 0.25) is 0 Å². The fourth-order valence-electron chi connectivity index (χ4n) is 1.05. The van der Waals surface area contributed by atoms with E-state index in [-0.39, 0.29) is 12.0 Å². The quantitative estimate of drug-likeness (QED) is 0.464. The highest BCUT2D eigenvalue weighted by molar-refractivity contribution is 6.48. The summed E-state index contributed by atoms with van der Waals surface area (Å²) in [6, 6.07) is -1.15. The minimum Gasteiger partial charge on any atom is -0.480 e.